The van der Waals surface area contributed by atoms with Gasteiger partial charge in [0.25, 0.3) is 5.91 Å². The van der Waals surface area contributed by atoms with E-state index in [0.29, 0.717) is 10.4 Å². The van der Waals surface area contributed by atoms with Gasteiger partial charge in [0, 0.05) is 4.88 Å². The SMILES string of the molecule is COC(=O)C(c1cccs1)N1CC(NC(=O)C(N=O)c2ccccc2)C1=O. The Balaban J connectivity index is 1.67. The number of carbonyl (C=O) groups is 3. The summed E-state index contributed by atoms with van der Waals surface area (Å²) in [6.45, 7) is 0.141. The van der Waals surface area contributed by atoms with Crippen molar-refractivity contribution in [3.63, 3.8) is 0 Å². The van der Waals surface area contributed by atoms with Gasteiger partial charge < -0.3 is 15.0 Å². The Morgan fingerprint density at radius 1 is 1.26 bits per heavy atom. The van der Waals surface area contributed by atoms with Gasteiger partial charge in [-0.2, -0.15) is 0 Å². The fourth-order valence-electron chi connectivity index (χ4n) is 2.89. The Hall–Kier alpha value is -3.07. The highest BCUT2D eigenvalue weighted by Gasteiger charge is 2.46. The summed E-state index contributed by atoms with van der Waals surface area (Å²) in [7, 11) is 1.26. The van der Waals surface area contributed by atoms with E-state index >= 15 is 0 Å². The molecule has 2 amide bonds. The van der Waals surface area contributed by atoms with Crippen LogP contribution in [0.1, 0.15) is 22.5 Å². The third-order valence-corrected chi connectivity index (χ3v) is 5.22. The molecule has 0 bridgehead atoms. The summed E-state index contributed by atoms with van der Waals surface area (Å²) in [4.78, 5) is 50.1. The van der Waals surface area contributed by atoms with E-state index in [4.69, 9.17) is 4.74 Å². The topological polar surface area (TPSA) is 105 Å². The molecule has 3 unspecified atom stereocenters. The molecule has 1 saturated heterocycles. The number of esters is 1. The number of methoxy groups -OCH3 is 1. The number of ether oxygens (including phenoxy) is 1. The first-order valence-electron chi connectivity index (χ1n) is 8.16. The molecule has 2 heterocycles. The average molecular weight is 387 g/mol. The van der Waals surface area contributed by atoms with Crippen LogP contribution in [0.5, 0.6) is 0 Å². The number of rotatable bonds is 7. The van der Waals surface area contributed by atoms with E-state index in [1.807, 2.05) is 0 Å². The maximum atomic E-state index is 12.5. The van der Waals surface area contributed by atoms with E-state index in [0.717, 1.165) is 0 Å². The summed E-state index contributed by atoms with van der Waals surface area (Å²) in [5, 5.41) is 7.20. The second-order valence-electron chi connectivity index (χ2n) is 5.91. The van der Waals surface area contributed by atoms with Crippen LogP contribution in [0.3, 0.4) is 0 Å². The van der Waals surface area contributed by atoms with Gasteiger partial charge in [-0.3, -0.25) is 9.59 Å². The molecule has 0 spiro atoms. The van der Waals surface area contributed by atoms with Gasteiger partial charge >= 0.3 is 5.97 Å². The molecule has 1 aromatic carbocycles. The Bertz CT molecular complexity index is 840. The number of likely N-dealkylation sites (tertiary alicyclic amines) is 1. The van der Waals surface area contributed by atoms with Crippen LogP contribution in [0.4, 0.5) is 0 Å². The zero-order valence-corrected chi connectivity index (χ0v) is 15.2. The number of nitrogens with zero attached hydrogens (tertiary/aromatic N) is 2. The van der Waals surface area contributed by atoms with Gasteiger partial charge in [0.2, 0.25) is 5.91 Å². The monoisotopic (exact) mass is 387 g/mol. The van der Waals surface area contributed by atoms with Crippen LogP contribution in [-0.4, -0.2) is 42.4 Å². The minimum atomic E-state index is -1.23. The van der Waals surface area contributed by atoms with E-state index in [2.05, 4.69) is 10.5 Å². The Morgan fingerprint density at radius 3 is 2.56 bits per heavy atom. The molecule has 0 aliphatic carbocycles. The number of carbonyl (C=O) groups excluding carboxylic acids is 3. The van der Waals surface area contributed by atoms with Gasteiger partial charge in [-0.05, 0) is 17.0 Å². The fraction of sp³-hybridized carbons (Fsp3) is 0.278. The summed E-state index contributed by atoms with van der Waals surface area (Å²) < 4.78 is 4.80. The molecular formula is C18H17N3O5S. The molecule has 1 aliphatic rings. The highest BCUT2D eigenvalue weighted by Crippen LogP contribution is 2.31. The lowest BCUT2D eigenvalue weighted by atomic mass is 10.0. The summed E-state index contributed by atoms with van der Waals surface area (Å²) in [5.41, 5.74) is 0.444. The largest absolute Gasteiger partial charge is 0.467 e. The van der Waals surface area contributed by atoms with Crippen molar-refractivity contribution >= 4 is 29.1 Å². The lowest BCUT2D eigenvalue weighted by Crippen LogP contribution is -2.65. The van der Waals surface area contributed by atoms with E-state index in [1.165, 1.54) is 23.3 Å². The first-order valence-corrected chi connectivity index (χ1v) is 9.04. The zero-order chi connectivity index (χ0) is 19.4. The standard InChI is InChI=1S/C18H17N3O5S/c1-26-18(24)15(13-8-5-9-27-13)21-10-12(17(21)23)19-16(22)14(20-25)11-6-3-2-4-7-11/h2-9,12,14-15H,10H2,1H3,(H,19,22). The van der Waals surface area contributed by atoms with Crippen LogP contribution in [0.2, 0.25) is 0 Å². The average Bonchev–Trinajstić information content (AvgIpc) is 3.22. The molecule has 8 nitrogen and oxygen atoms in total. The van der Waals surface area contributed by atoms with Crippen LogP contribution in [0.25, 0.3) is 0 Å². The summed E-state index contributed by atoms with van der Waals surface area (Å²) in [6, 6.07) is 9.01. The summed E-state index contributed by atoms with van der Waals surface area (Å²) >= 11 is 1.34. The second kappa shape index (κ2) is 8.09. The summed E-state index contributed by atoms with van der Waals surface area (Å²) in [5.74, 6) is -1.61. The van der Waals surface area contributed by atoms with Gasteiger partial charge in [0.15, 0.2) is 12.1 Å². The third kappa shape index (κ3) is 3.72. The number of nitrogens with one attached hydrogen (secondary N) is 1. The number of β-lactam (4-membered cyclic amide) rings is 1. The van der Waals surface area contributed by atoms with Crippen LogP contribution < -0.4 is 5.32 Å². The van der Waals surface area contributed by atoms with E-state index in [1.54, 1.807) is 47.8 Å². The predicted octanol–water partition coefficient (Wildman–Crippen LogP) is 1.80. The Kier molecular flexibility index (Phi) is 5.60. The molecule has 9 heteroatoms. The minimum absolute atomic E-state index is 0.141. The molecule has 0 saturated carbocycles. The zero-order valence-electron chi connectivity index (χ0n) is 14.4. The van der Waals surface area contributed by atoms with E-state index in [-0.39, 0.29) is 6.54 Å². The van der Waals surface area contributed by atoms with Crippen molar-refractivity contribution in [2.45, 2.75) is 18.1 Å². The minimum Gasteiger partial charge on any atom is -0.467 e. The number of nitroso groups, excluding NO2 is 1. The quantitative estimate of drug-likeness (QED) is 0.443. The molecule has 0 radical (unpaired) electrons. The van der Waals surface area contributed by atoms with Gasteiger partial charge in [-0.1, -0.05) is 41.6 Å². The van der Waals surface area contributed by atoms with Gasteiger partial charge in [0.1, 0.15) is 6.04 Å². The Labute approximate surface area is 159 Å². The number of benzene rings is 1. The van der Waals surface area contributed by atoms with E-state index in [9.17, 15) is 19.3 Å². The molecule has 1 N–H and O–H groups in total. The van der Waals surface area contributed by atoms with Crippen molar-refractivity contribution in [3.8, 4) is 0 Å². The van der Waals surface area contributed by atoms with E-state index < -0.39 is 35.9 Å². The first-order chi connectivity index (χ1) is 13.1. The predicted molar refractivity (Wildman–Crippen MR) is 97.7 cm³/mol. The van der Waals surface area contributed by atoms with Crippen molar-refractivity contribution in [1.29, 1.82) is 0 Å². The molecule has 27 heavy (non-hydrogen) atoms. The molecule has 1 aliphatic heterocycles. The molecule has 3 atom stereocenters. The van der Waals surface area contributed by atoms with Crippen molar-refractivity contribution in [2.24, 2.45) is 5.18 Å². The van der Waals surface area contributed by atoms with Gasteiger partial charge in [-0.15, -0.1) is 16.2 Å². The molecule has 1 fully saturated rings. The maximum Gasteiger partial charge on any atom is 0.334 e. The fourth-order valence-corrected chi connectivity index (χ4v) is 3.72. The third-order valence-electron chi connectivity index (χ3n) is 4.29. The molecule has 3 rings (SSSR count). The molecule has 140 valence electrons. The smallest absolute Gasteiger partial charge is 0.334 e. The highest BCUT2D eigenvalue weighted by molar-refractivity contribution is 7.10. The maximum absolute atomic E-state index is 12.5. The van der Waals surface area contributed by atoms with Crippen molar-refractivity contribution in [1.82, 2.24) is 10.2 Å². The van der Waals surface area contributed by atoms with Crippen LogP contribution in [-0.2, 0) is 19.1 Å². The van der Waals surface area contributed by atoms with Crippen LogP contribution in [0.15, 0.2) is 53.0 Å². The van der Waals surface area contributed by atoms with Gasteiger partial charge in [0.05, 0.1) is 13.7 Å². The molecule has 1 aromatic heterocycles. The lowest BCUT2D eigenvalue weighted by molar-refractivity contribution is -0.162. The van der Waals surface area contributed by atoms with Crippen LogP contribution in [0, 0.1) is 4.91 Å². The Morgan fingerprint density at radius 2 is 2.00 bits per heavy atom. The highest BCUT2D eigenvalue weighted by atomic mass is 32.1. The number of hydrogen-bond acceptors (Lipinski definition) is 7. The van der Waals surface area contributed by atoms with Crippen molar-refractivity contribution in [2.75, 3.05) is 13.7 Å². The van der Waals surface area contributed by atoms with Crippen molar-refractivity contribution in [3.05, 3.63) is 63.2 Å². The molecular weight excluding hydrogens is 370 g/mol. The first kappa shape index (κ1) is 18.7. The molecule has 2 aromatic rings. The number of amides is 2. The normalized spacial score (nSPS) is 18.2. The summed E-state index contributed by atoms with van der Waals surface area (Å²) in [6.07, 6.45) is 0. The van der Waals surface area contributed by atoms with Crippen LogP contribution >= 0.6 is 11.3 Å². The number of thiophene rings is 1. The van der Waals surface area contributed by atoms with Gasteiger partial charge in [-0.25, -0.2) is 4.79 Å². The second-order valence-corrected chi connectivity index (χ2v) is 6.89. The number of hydrogen-bond donors (Lipinski definition) is 1. The van der Waals surface area contributed by atoms with Crippen molar-refractivity contribution < 1.29 is 19.1 Å². The lowest BCUT2D eigenvalue weighted by Gasteiger charge is -2.42.